The zero-order valence-electron chi connectivity index (χ0n) is 15.6. The summed E-state index contributed by atoms with van der Waals surface area (Å²) in [6.07, 6.45) is 6.35. The first-order valence-electron chi connectivity index (χ1n) is 9.36. The summed E-state index contributed by atoms with van der Waals surface area (Å²) >= 11 is 1.51. The number of imide groups is 1. The predicted molar refractivity (Wildman–Crippen MR) is 105 cm³/mol. The van der Waals surface area contributed by atoms with Crippen molar-refractivity contribution in [1.82, 2.24) is 9.80 Å². The lowest BCUT2D eigenvalue weighted by atomic mass is 9.81. The highest BCUT2D eigenvalue weighted by molar-refractivity contribution is 7.98. The zero-order valence-corrected chi connectivity index (χ0v) is 17.2. The fraction of sp³-hybridized carbons (Fsp3) is 0.833. The molecule has 1 saturated carbocycles. The number of hydrogen-bond acceptors (Lipinski definition) is 5. The Morgan fingerprint density at radius 3 is 2.27 bits per heavy atom. The van der Waals surface area contributed by atoms with Gasteiger partial charge in [-0.3, -0.25) is 19.3 Å². The third-order valence-corrected chi connectivity index (χ3v) is 6.72. The van der Waals surface area contributed by atoms with Crippen molar-refractivity contribution < 1.29 is 14.4 Å². The zero-order chi connectivity index (χ0) is 18.1. The van der Waals surface area contributed by atoms with E-state index in [0.29, 0.717) is 24.8 Å². The summed E-state index contributed by atoms with van der Waals surface area (Å²) in [7, 11) is 0. The highest BCUT2D eigenvalue weighted by atomic mass is 35.5. The maximum Gasteiger partial charge on any atom is 0.246 e. The summed E-state index contributed by atoms with van der Waals surface area (Å²) in [6.45, 7) is 3.22. The smallest absolute Gasteiger partial charge is 0.246 e. The Morgan fingerprint density at radius 1 is 1.23 bits per heavy atom. The number of likely N-dealkylation sites (tertiary alicyclic amines) is 2. The Balaban J connectivity index is 0.00000243. The van der Waals surface area contributed by atoms with Gasteiger partial charge in [-0.15, -0.1) is 12.4 Å². The second-order valence-electron chi connectivity index (χ2n) is 7.69. The van der Waals surface area contributed by atoms with Crippen LogP contribution in [0.5, 0.6) is 0 Å². The van der Waals surface area contributed by atoms with Gasteiger partial charge in [0.1, 0.15) is 6.04 Å². The molecule has 2 heterocycles. The molecule has 6 nitrogen and oxygen atoms in total. The molecule has 0 bridgehead atoms. The summed E-state index contributed by atoms with van der Waals surface area (Å²) in [5, 5.41) is 0. The Kier molecular flexibility index (Phi) is 7.39. The van der Waals surface area contributed by atoms with E-state index in [0.717, 1.165) is 32.1 Å². The van der Waals surface area contributed by atoms with Gasteiger partial charge in [0.05, 0.1) is 11.8 Å². The normalized spacial score (nSPS) is 32.4. The summed E-state index contributed by atoms with van der Waals surface area (Å²) in [5.41, 5.74) is 5.78. The van der Waals surface area contributed by atoms with E-state index in [-0.39, 0.29) is 48.0 Å². The molecule has 0 radical (unpaired) electrons. The average Bonchev–Trinajstić information content (AvgIpc) is 3.11. The lowest BCUT2D eigenvalue weighted by Gasteiger charge is -2.31. The Labute approximate surface area is 166 Å². The van der Waals surface area contributed by atoms with Crippen LogP contribution in [0, 0.1) is 17.8 Å². The van der Waals surface area contributed by atoms with Crippen LogP contribution in [0.1, 0.15) is 39.0 Å². The lowest BCUT2D eigenvalue weighted by Crippen LogP contribution is -2.53. The van der Waals surface area contributed by atoms with Gasteiger partial charge in [-0.2, -0.15) is 11.8 Å². The van der Waals surface area contributed by atoms with Crippen molar-refractivity contribution in [2.75, 3.05) is 25.1 Å². The van der Waals surface area contributed by atoms with Crippen molar-refractivity contribution in [1.29, 1.82) is 0 Å². The number of hydrogen-bond donors (Lipinski definition) is 1. The van der Waals surface area contributed by atoms with Crippen LogP contribution in [0.2, 0.25) is 0 Å². The van der Waals surface area contributed by atoms with E-state index in [9.17, 15) is 14.4 Å². The number of fused-ring (bicyclic) bond motifs is 1. The molecule has 2 N–H and O–H groups in total. The minimum absolute atomic E-state index is 0. The number of carbonyl (C=O) groups excluding carboxylic acids is 3. The molecule has 0 aromatic rings. The molecule has 1 aliphatic carbocycles. The van der Waals surface area contributed by atoms with Gasteiger partial charge in [-0.25, -0.2) is 0 Å². The molecule has 2 saturated heterocycles. The summed E-state index contributed by atoms with van der Waals surface area (Å²) in [4.78, 5) is 42.2. The van der Waals surface area contributed by atoms with Gasteiger partial charge in [0.2, 0.25) is 17.7 Å². The lowest BCUT2D eigenvalue weighted by molar-refractivity contribution is -0.151. The second-order valence-corrected chi connectivity index (χ2v) is 8.60. The Bertz CT molecular complexity index is 538. The monoisotopic (exact) mass is 403 g/mol. The van der Waals surface area contributed by atoms with Gasteiger partial charge >= 0.3 is 0 Å². The number of nitrogens with two attached hydrogens (primary N) is 1. The topological polar surface area (TPSA) is 83.7 Å². The van der Waals surface area contributed by atoms with Gasteiger partial charge in [-0.05, 0) is 44.9 Å². The average molecular weight is 404 g/mol. The molecule has 5 unspecified atom stereocenters. The molecule has 5 atom stereocenters. The fourth-order valence-electron chi connectivity index (χ4n) is 4.72. The first-order chi connectivity index (χ1) is 12.0. The van der Waals surface area contributed by atoms with Gasteiger partial charge in [0, 0.05) is 18.3 Å². The minimum Gasteiger partial charge on any atom is -0.338 e. The molecule has 0 aromatic carbocycles. The minimum atomic E-state index is -0.667. The Morgan fingerprint density at radius 2 is 1.81 bits per heavy atom. The van der Waals surface area contributed by atoms with E-state index < -0.39 is 6.04 Å². The van der Waals surface area contributed by atoms with E-state index in [1.54, 1.807) is 0 Å². The van der Waals surface area contributed by atoms with Crippen molar-refractivity contribution in [3.05, 3.63) is 0 Å². The number of carbonyl (C=O) groups is 3. The van der Waals surface area contributed by atoms with E-state index in [1.165, 1.54) is 16.7 Å². The number of nitrogens with zero attached hydrogens (tertiary/aromatic N) is 2. The van der Waals surface area contributed by atoms with E-state index in [1.807, 2.05) is 18.1 Å². The second kappa shape index (κ2) is 8.93. The molecule has 3 aliphatic rings. The van der Waals surface area contributed by atoms with E-state index >= 15 is 0 Å². The SMILES string of the molecule is CSCC(C(=O)N1CC(CN)CC1C)N1C(=O)C2CCCCC2C1=O.Cl. The van der Waals surface area contributed by atoms with Gasteiger partial charge < -0.3 is 10.6 Å². The van der Waals surface area contributed by atoms with Crippen molar-refractivity contribution >= 4 is 41.9 Å². The highest BCUT2D eigenvalue weighted by Crippen LogP contribution is 2.39. The number of halogens is 1. The van der Waals surface area contributed by atoms with E-state index in [4.69, 9.17) is 5.73 Å². The molecule has 8 heteroatoms. The maximum absolute atomic E-state index is 13.2. The molecule has 0 spiro atoms. The molecule has 3 fully saturated rings. The van der Waals surface area contributed by atoms with Crippen LogP contribution >= 0.6 is 24.2 Å². The summed E-state index contributed by atoms with van der Waals surface area (Å²) < 4.78 is 0. The van der Waals surface area contributed by atoms with Crippen molar-refractivity contribution in [3.8, 4) is 0 Å². The van der Waals surface area contributed by atoms with Gasteiger partial charge in [0.25, 0.3) is 0 Å². The largest absolute Gasteiger partial charge is 0.338 e. The first-order valence-corrected chi connectivity index (χ1v) is 10.7. The molecule has 3 amide bonds. The number of thioether (sulfide) groups is 1. The highest BCUT2D eigenvalue weighted by Gasteiger charge is 2.52. The fourth-order valence-corrected chi connectivity index (χ4v) is 5.33. The molecule has 26 heavy (non-hydrogen) atoms. The quantitative estimate of drug-likeness (QED) is 0.703. The van der Waals surface area contributed by atoms with Crippen LogP contribution in [0.4, 0.5) is 0 Å². The van der Waals surface area contributed by atoms with Crippen LogP contribution < -0.4 is 5.73 Å². The molecule has 148 valence electrons. The molecule has 3 rings (SSSR count). The van der Waals surface area contributed by atoms with Crippen LogP contribution in [0.25, 0.3) is 0 Å². The third-order valence-electron chi connectivity index (χ3n) is 6.07. The molecule has 0 aromatic heterocycles. The van der Waals surface area contributed by atoms with Gasteiger partial charge in [-0.1, -0.05) is 12.8 Å². The third kappa shape index (κ3) is 3.76. The predicted octanol–water partition coefficient (Wildman–Crippen LogP) is 1.51. The molecular weight excluding hydrogens is 374 g/mol. The summed E-state index contributed by atoms with van der Waals surface area (Å²) in [6, 6.07) is -0.555. The standard InChI is InChI=1S/C18H29N3O3S.ClH/c1-11-7-12(8-19)9-20(11)18(24)15(10-25-2)21-16(22)13-5-3-4-6-14(13)17(21)23;/h11-15H,3-10,19H2,1-2H3;1H. The molecule has 2 aliphatic heterocycles. The number of rotatable bonds is 5. The first kappa shape index (κ1) is 21.5. The van der Waals surface area contributed by atoms with E-state index in [2.05, 4.69) is 0 Å². The van der Waals surface area contributed by atoms with Crippen LogP contribution in [0.3, 0.4) is 0 Å². The van der Waals surface area contributed by atoms with Crippen LogP contribution in [0.15, 0.2) is 0 Å². The van der Waals surface area contributed by atoms with Gasteiger partial charge in [0.15, 0.2) is 0 Å². The van der Waals surface area contributed by atoms with Crippen LogP contribution in [-0.2, 0) is 14.4 Å². The van der Waals surface area contributed by atoms with Crippen molar-refractivity contribution in [2.45, 2.75) is 51.1 Å². The number of amides is 3. The summed E-state index contributed by atoms with van der Waals surface area (Å²) in [5.74, 6) is 0.0392. The maximum atomic E-state index is 13.2. The molecular formula is C18H30ClN3O3S. The van der Waals surface area contributed by atoms with Crippen molar-refractivity contribution in [2.24, 2.45) is 23.5 Å². The van der Waals surface area contributed by atoms with Crippen molar-refractivity contribution in [3.63, 3.8) is 0 Å². The Hall–Kier alpha value is -0.790. The van der Waals surface area contributed by atoms with Crippen LogP contribution in [-0.4, -0.2) is 64.7 Å².